The minimum absolute atomic E-state index is 0.0637. The van der Waals surface area contributed by atoms with E-state index in [1.54, 1.807) is 0 Å². The molecule has 0 N–H and O–H groups in total. The van der Waals surface area contributed by atoms with Gasteiger partial charge < -0.3 is 14.2 Å². The number of carbonyl (C=O) groups excluding carboxylic acids is 1. The first-order chi connectivity index (χ1) is 14.0. The van der Waals surface area contributed by atoms with Crippen LogP contribution in [0.2, 0.25) is 0 Å². The summed E-state index contributed by atoms with van der Waals surface area (Å²) in [6.07, 6.45) is 2.22. The van der Waals surface area contributed by atoms with E-state index in [2.05, 4.69) is 22.3 Å². The molecule has 1 heterocycles. The van der Waals surface area contributed by atoms with E-state index in [1.807, 2.05) is 43.9 Å². The summed E-state index contributed by atoms with van der Waals surface area (Å²) in [5.74, 6) is 0.692. The SMILES string of the molecule is CC(C)(C)OC(=O)N(CC1(c2noc(C(Cl)(Cl)Cl)n2)CC1)[C@@H]1C[C@H]1c1ccccc1. The quantitative estimate of drug-likeness (QED) is 0.520. The van der Waals surface area contributed by atoms with Gasteiger partial charge in [0.1, 0.15) is 5.60 Å². The average Bonchev–Trinajstić information content (AvgIpc) is 3.55. The molecule has 0 radical (unpaired) electrons. The Kier molecular flexibility index (Phi) is 5.48. The van der Waals surface area contributed by atoms with Crippen LogP contribution in [-0.2, 0) is 13.9 Å². The molecule has 2 saturated carbocycles. The maximum atomic E-state index is 13.1. The van der Waals surface area contributed by atoms with Gasteiger partial charge in [0.15, 0.2) is 5.82 Å². The molecule has 0 aliphatic heterocycles. The number of halogens is 3. The van der Waals surface area contributed by atoms with E-state index < -0.39 is 14.8 Å². The van der Waals surface area contributed by atoms with E-state index in [-0.39, 0.29) is 23.9 Å². The van der Waals surface area contributed by atoms with Gasteiger partial charge in [-0.05, 0) is 45.6 Å². The summed E-state index contributed by atoms with van der Waals surface area (Å²) < 4.78 is 9.09. The Hall–Kier alpha value is -1.50. The number of carbonyl (C=O) groups is 1. The largest absolute Gasteiger partial charge is 0.444 e. The third-order valence-corrected chi connectivity index (χ3v) is 5.97. The van der Waals surface area contributed by atoms with Crippen molar-refractivity contribution in [2.45, 2.75) is 66.8 Å². The van der Waals surface area contributed by atoms with E-state index in [0.29, 0.717) is 12.4 Å². The Morgan fingerprint density at radius 2 is 1.90 bits per heavy atom. The number of hydrogen-bond donors (Lipinski definition) is 0. The Labute approximate surface area is 190 Å². The van der Waals surface area contributed by atoms with Gasteiger partial charge >= 0.3 is 6.09 Å². The van der Waals surface area contributed by atoms with Crippen LogP contribution in [-0.4, -0.2) is 39.3 Å². The van der Waals surface area contributed by atoms with Crippen LogP contribution >= 0.6 is 34.8 Å². The molecule has 2 aliphatic carbocycles. The molecule has 0 bridgehead atoms. The van der Waals surface area contributed by atoms with Gasteiger partial charge in [-0.25, -0.2) is 4.79 Å². The van der Waals surface area contributed by atoms with Crippen LogP contribution in [0.25, 0.3) is 0 Å². The third kappa shape index (κ3) is 4.71. The van der Waals surface area contributed by atoms with Gasteiger partial charge in [0.25, 0.3) is 9.68 Å². The zero-order valence-corrected chi connectivity index (χ0v) is 19.3. The van der Waals surface area contributed by atoms with Crippen molar-refractivity contribution >= 4 is 40.9 Å². The predicted molar refractivity (Wildman–Crippen MR) is 115 cm³/mol. The Morgan fingerprint density at radius 1 is 1.23 bits per heavy atom. The maximum absolute atomic E-state index is 13.1. The number of aromatic nitrogens is 2. The van der Waals surface area contributed by atoms with Crippen LogP contribution in [0.4, 0.5) is 4.79 Å². The van der Waals surface area contributed by atoms with Crippen molar-refractivity contribution in [3.63, 3.8) is 0 Å². The highest BCUT2D eigenvalue weighted by atomic mass is 35.6. The molecular formula is C21H24Cl3N3O3. The number of ether oxygens (including phenoxy) is 1. The van der Waals surface area contributed by atoms with Crippen LogP contribution in [0.5, 0.6) is 0 Å². The molecule has 162 valence electrons. The second-order valence-electron chi connectivity index (χ2n) is 9.13. The molecule has 2 aliphatic rings. The molecule has 1 aromatic carbocycles. The maximum Gasteiger partial charge on any atom is 0.410 e. The number of hydrogen-bond acceptors (Lipinski definition) is 5. The third-order valence-electron chi connectivity index (χ3n) is 5.48. The number of amides is 1. The Balaban J connectivity index is 1.56. The molecule has 9 heteroatoms. The van der Waals surface area contributed by atoms with Gasteiger partial charge in [-0.2, -0.15) is 4.98 Å². The zero-order valence-electron chi connectivity index (χ0n) is 17.1. The molecule has 1 amide bonds. The molecule has 6 nitrogen and oxygen atoms in total. The first kappa shape index (κ1) is 21.7. The second kappa shape index (κ2) is 7.57. The highest BCUT2D eigenvalue weighted by molar-refractivity contribution is 6.66. The summed E-state index contributed by atoms with van der Waals surface area (Å²) in [6.45, 7) is 6.03. The number of alkyl halides is 3. The minimum Gasteiger partial charge on any atom is -0.444 e. The molecule has 0 saturated heterocycles. The van der Waals surface area contributed by atoms with Crippen molar-refractivity contribution in [3.05, 3.63) is 47.6 Å². The van der Waals surface area contributed by atoms with Crippen LogP contribution in [0.3, 0.4) is 0 Å². The van der Waals surface area contributed by atoms with E-state index in [1.165, 1.54) is 5.56 Å². The first-order valence-electron chi connectivity index (χ1n) is 9.94. The highest BCUT2D eigenvalue weighted by Crippen LogP contribution is 2.52. The Bertz CT molecular complexity index is 917. The summed E-state index contributed by atoms with van der Waals surface area (Å²) in [5.41, 5.74) is 0.232. The standard InChI is InChI=1S/C21H24Cl3N3O3/c1-19(2,3)29-18(28)27(15-11-14(15)13-7-5-4-6-8-13)12-20(9-10-20)16-25-17(30-26-16)21(22,23)24/h4-8,14-15H,9-12H2,1-3H3/t14-,15+/m0/s1. The smallest absolute Gasteiger partial charge is 0.410 e. The summed E-state index contributed by atoms with van der Waals surface area (Å²) in [7, 11) is 0. The molecule has 2 aromatic rings. The molecule has 2 atom stereocenters. The summed E-state index contributed by atoms with van der Waals surface area (Å²) in [4.78, 5) is 19.2. The van der Waals surface area contributed by atoms with Crippen molar-refractivity contribution in [1.29, 1.82) is 0 Å². The molecule has 4 rings (SSSR count). The molecule has 30 heavy (non-hydrogen) atoms. The normalized spacial score (nSPS) is 22.5. The van der Waals surface area contributed by atoms with Crippen molar-refractivity contribution in [2.24, 2.45) is 0 Å². The van der Waals surface area contributed by atoms with Crippen molar-refractivity contribution < 1.29 is 14.1 Å². The molecule has 2 fully saturated rings. The predicted octanol–water partition coefficient (Wildman–Crippen LogP) is 5.72. The summed E-state index contributed by atoms with van der Waals surface area (Å²) >= 11 is 17.6. The van der Waals surface area contributed by atoms with E-state index in [0.717, 1.165) is 19.3 Å². The van der Waals surface area contributed by atoms with Crippen molar-refractivity contribution in [3.8, 4) is 0 Å². The van der Waals surface area contributed by atoms with E-state index in [9.17, 15) is 4.79 Å². The molecular weight excluding hydrogens is 449 g/mol. The van der Waals surface area contributed by atoms with Gasteiger partial charge in [-0.3, -0.25) is 0 Å². The fourth-order valence-electron chi connectivity index (χ4n) is 3.71. The lowest BCUT2D eigenvalue weighted by molar-refractivity contribution is 0.0208. The summed E-state index contributed by atoms with van der Waals surface area (Å²) in [5, 5.41) is 4.04. The lowest BCUT2D eigenvalue weighted by Gasteiger charge is -2.30. The lowest BCUT2D eigenvalue weighted by Crippen LogP contribution is -2.43. The van der Waals surface area contributed by atoms with Gasteiger partial charge in [-0.15, -0.1) is 0 Å². The van der Waals surface area contributed by atoms with Crippen molar-refractivity contribution in [2.75, 3.05) is 6.54 Å². The van der Waals surface area contributed by atoms with Gasteiger partial charge in [0, 0.05) is 18.5 Å². The number of nitrogens with zero attached hydrogens (tertiary/aromatic N) is 3. The highest BCUT2D eigenvalue weighted by Gasteiger charge is 2.55. The first-order valence-corrected chi connectivity index (χ1v) is 11.1. The van der Waals surface area contributed by atoms with Crippen molar-refractivity contribution in [1.82, 2.24) is 15.0 Å². The zero-order chi connectivity index (χ0) is 21.7. The van der Waals surface area contributed by atoms with Crippen LogP contribution in [0.15, 0.2) is 34.9 Å². The van der Waals surface area contributed by atoms with Crippen LogP contribution in [0, 0.1) is 0 Å². The monoisotopic (exact) mass is 471 g/mol. The van der Waals surface area contributed by atoms with Gasteiger partial charge in [0.05, 0.1) is 5.41 Å². The fourth-order valence-corrected chi connectivity index (χ4v) is 3.94. The van der Waals surface area contributed by atoms with Gasteiger partial charge in [0.2, 0.25) is 0 Å². The Morgan fingerprint density at radius 3 is 2.43 bits per heavy atom. The number of benzene rings is 1. The van der Waals surface area contributed by atoms with Crippen LogP contribution in [0.1, 0.15) is 63.2 Å². The topological polar surface area (TPSA) is 68.5 Å². The number of rotatable bonds is 5. The molecule has 1 aromatic heterocycles. The summed E-state index contributed by atoms with van der Waals surface area (Å²) in [6, 6.07) is 10.3. The van der Waals surface area contributed by atoms with Crippen LogP contribution < -0.4 is 0 Å². The average molecular weight is 473 g/mol. The molecule has 0 spiro atoms. The lowest BCUT2D eigenvalue weighted by atomic mass is 10.1. The van der Waals surface area contributed by atoms with Gasteiger partial charge in [-0.1, -0.05) is 70.3 Å². The minimum atomic E-state index is -1.78. The molecule has 0 unspecified atom stereocenters. The van der Waals surface area contributed by atoms with E-state index >= 15 is 0 Å². The fraction of sp³-hybridized carbons (Fsp3) is 0.571. The second-order valence-corrected chi connectivity index (χ2v) is 11.4. The van der Waals surface area contributed by atoms with E-state index in [4.69, 9.17) is 44.1 Å².